The van der Waals surface area contributed by atoms with Gasteiger partial charge >= 0.3 is 6.09 Å². The van der Waals surface area contributed by atoms with Crippen molar-refractivity contribution in [1.82, 2.24) is 20.8 Å². The number of amides is 2. The summed E-state index contributed by atoms with van der Waals surface area (Å²) in [6.07, 6.45) is -0.573. The Morgan fingerprint density at radius 1 is 1.17 bits per heavy atom. The number of anilines is 2. The highest BCUT2D eigenvalue weighted by Gasteiger charge is 2.33. The van der Waals surface area contributed by atoms with E-state index in [9.17, 15) is 14.7 Å². The molecule has 2 aliphatic heterocycles. The van der Waals surface area contributed by atoms with Crippen molar-refractivity contribution in [3.05, 3.63) is 35.9 Å². The van der Waals surface area contributed by atoms with Gasteiger partial charge in [-0.15, -0.1) is 10.2 Å². The van der Waals surface area contributed by atoms with Gasteiger partial charge in [-0.1, -0.05) is 6.07 Å². The maximum absolute atomic E-state index is 12.2. The fourth-order valence-electron chi connectivity index (χ4n) is 4.33. The first kappa shape index (κ1) is 20.1. The molecule has 1 aromatic heterocycles. The Kier molecular flexibility index (Phi) is 5.54. The molecular weight excluding hydrogens is 384 g/mol. The van der Waals surface area contributed by atoms with E-state index in [4.69, 9.17) is 0 Å². The van der Waals surface area contributed by atoms with Crippen molar-refractivity contribution in [2.45, 2.75) is 32.4 Å². The summed E-state index contributed by atoms with van der Waals surface area (Å²) in [5, 5.41) is 24.0. The molecule has 0 bridgehead atoms. The van der Waals surface area contributed by atoms with Gasteiger partial charge in [0.15, 0.2) is 5.82 Å². The van der Waals surface area contributed by atoms with Crippen LogP contribution in [0.5, 0.6) is 0 Å². The first-order chi connectivity index (χ1) is 14.4. The summed E-state index contributed by atoms with van der Waals surface area (Å²) in [5.74, 6) is 0.783. The minimum atomic E-state index is -1.08. The van der Waals surface area contributed by atoms with Crippen molar-refractivity contribution < 1.29 is 14.7 Å². The molecule has 2 amide bonds. The lowest BCUT2D eigenvalue weighted by Gasteiger charge is -2.39. The molecule has 3 N–H and O–H groups in total. The number of rotatable bonds is 3. The van der Waals surface area contributed by atoms with E-state index in [-0.39, 0.29) is 11.9 Å². The Morgan fingerprint density at radius 3 is 2.57 bits per heavy atom. The third kappa shape index (κ3) is 3.93. The minimum absolute atomic E-state index is 0.0644. The van der Waals surface area contributed by atoms with Crippen LogP contribution in [0, 0.1) is 0 Å². The highest BCUT2D eigenvalue weighted by Crippen LogP contribution is 2.39. The second-order valence-electron chi connectivity index (χ2n) is 7.76. The standard InChI is InChI=1S/C21H26N6O3/c1-13-11-18(23-21(29)30)16-12-15(3-5-19(16)27(13)14(2)28)17-4-6-20(25-24-17)26-9-7-22-8-10-26/h3-6,12-13,18,22-23H,7-11H2,1-2H3,(H,29,30)/t13-,18+/m0/s1. The van der Waals surface area contributed by atoms with E-state index in [2.05, 4.69) is 25.7 Å². The Labute approximate surface area is 175 Å². The van der Waals surface area contributed by atoms with Gasteiger partial charge in [0.05, 0.1) is 11.7 Å². The molecule has 0 aliphatic carbocycles. The number of carboxylic acid groups (broad SMARTS) is 1. The van der Waals surface area contributed by atoms with Crippen LogP contribution in [-0.2, 0) is 4.79 Å². The summed E-state index contributed by atoms with van der Waals surface area (Å²) >= 11 is 0. The normalized spacial score (nSPS) is 21.1. The largest absolute Gasteiger partial charge is 0.465 e. The van der Waals surface area contributed by atoms with Gasteiger partial charge in [0.1, 0.15) is 0 Å². The van der Waals surface area contributed by atoms with Crippen molar-refractivity contribution in [1.29, 1.82) is 0 Å². The zero-order valence-corrected chi connectivity index (χ0v) is 17.1. The van der Waals surface area contributed by atoms with Crippen LogP contribution in [0.2, 0.25) is 0 Å². The van der Waals surface area contributed by atoms with E-state index in [1.165, 1.54) is 6.92 Å². The van der Waals surface area contributed by atoms with Gasteiger partial charge in [-0.2, -0.15) is 0 Å². The average Bonchev–Trinajstić information content (AvgIpc) is 2.73. The number of carbonyl (C=O) groups excluding carboxylic acids is 1. The van der Waals surface area contributed by atoms with Crippen molar-refractivity contribution in [3.8, 4) is 11.3 Å². The van der Waals surface area contributed by atoms with Crippen LogP contribution in [0.15, 0.2) is 30.3 Å². The molecule has 0 spiro atoms. The van der Waals surface area contributed by atoms with Crippen LogP contribution >= 0.6 is 0 Å². The minimum Gasteiger partial charge on any atom is -0.465 e. The fraction of sp³-hybridized carbons (Fsp3) is 0.429. The molecule has 2 aliphatic rings. The van der Waals surface area contributed by atoms with Crippen LogP contribution in [0.4, 0.5) is 16.3 Å². The zero-order valence-electron chi connectivity index (χ0n) is 17.1. The lowest BCUT2D eigenvalue weighted by Crippen LogP contribution is -2.45. The number of carbonyl (C=O) groups is 2. The van der Waals surface area contributed by atoms with E-state index < -0.39 is 12.1 Å². The second kappa shape index (κ2) is 8.27. The van der Waals surface area contributed by atoms with Crippen LogP contribution in [-0.4, -0.2) is 59.5 Å². The predicted octanol–water partition coefficient (Wildman–Crippen LogP) is 2.01. The molecule has 4 rings (SSSR count). The van der Waals surface area contributed by atoms with Gasteiger partial charge in [-0.25, -0.2) is 4.79 Å². The van der Waals surface area contributed by atoms with Gasteiger partial charge in [0.25, 0.3) is 0 Å². The Bertz CT molecular complexity index is 942. The summed E-state index contributed by atoms with van der Waals surface area (Å²) in [6, 6.07) is 9.08. The number of nitrogens with one attached hydrogen (secondary N) is 2. The molecule has 0 saturated carbocycles. The number of hydrogen-bond donors (Lipinski definition) is 3. The zero-order chi connectivity index (χ0) is 21.3. The Morgan fingerprint density at radius 2 is 1.93 bits per heavy atom. The van der Waals surface area contributed by atoms with E-state index >= 15 is 0 Å². The molecule has 1 aromatic carbocycles. The summed E-state index contributed by atoms with van der Waals surface area (Å²) < 4.78 is 0. The Balaban J connectivity index is 1.67. The third-order valence-electron chi connectivity index (χ3n) is 5.70. The number of hydrogen-bond acceptors (Lipinski definition) is 6. The molecule has 9 nitrogen and oxygen atoms in total. The van der Waals surface area contributed by atoms with Gasteiger partial charge < -0.3 is 25.5 Å². The van der Waals surface area contributed by atoms with Gasteiger partial charge in [0, 0.05) is 50.4 Å². The SMILES string of the molecule is CC(=O)N1c2ccc(-c3ccc(N4CCNCC4)nn3)cc2[C@H](NC(=O)O)C[C@@H]1C. The van der Waals surface area contributed by atoms with Gasteiger partial charge in [-0.05, 0) is 43.2 Å². The van der Waals surface area contributed by atoms with Crippen LogP contribution in [0.1, 0.15) is 31.9 Å². The number of benzene rings is 1. The lowest BCUT2D eigenvalue weighted by molar-refractivity contribution is -0.117. The summed E-state index contributed by atoms with van der Waals surface area (Å²) in [7, 11) is 0. The van der Waals surface area contributed by atoms with E-state index in [0.29, 0.717) is 12.1 Å². The van der Waals surface area contributed by atoms with E-state index in [1.807, 2.05) is 37.3 Å². The van der Waals surface area contributed by atoms with Crippen LogP contribution < -0.4 is 20.4 Å². The third-order valence-corrected chi connectivity index (χ3v) is 5.70. The summed E-state index contributed by atoms with van der Waals surface area (Å²) in [4.78, 5) is 27.4. The molecule has 30 heavy (non-hydrogen) atoms. The first-order valence-corrected chi connectivity index (χ1v) is 10.2. The first-order valence-electron chi connectivity index (χ1n) is 10.2. The Hall–Kier alpha value is -3.20. The van der Waals surface area contributed by atoms with Crippen molar-refractivity contribution in [2.75, 3.05) is 36.0 Å². The molecule has 0 unspecified atom stereocenters. The number of nitrogens with zero attached hydrogens (tertiary/aromatic N) is 4. The molecule has 9 heteroatoms. The smallest absolute Gasteiger partial charge is 0.405 e. The molecule has 1 saturated heterocycles. The molecule has 2 aromatic rings. The average molecular weight is 410 g/mol. The van der Waals surface area contributed by atoms with Gasteiger partial charge in [-0.3, -0.25) is 4.79 Å². The maximum atomic E-state index is 12.2. The summed E-state index contributed by atoms with van der Waals surface area (Å²) in [6.45, 7) is 7.10. The second-order valence-corrected chi connectivity index (χ2v) is 7.76. The quantitative estimate of drug-likeness (QED) is 0.710. The molecule has 2 atom stereocenters. The molecular formula is C21H26N6O3. The molecule has 3 heterocycles. The number of piperazine rings is 1. The monoisotopic (exact) mass is 410 g/mol. The highest BCUT2D eigenvalue weighted by molar-refractivity contribution is 5.94. The maximum Gasteiger partial charge on any atom is 0.405 e. The topological polar surface area (TPSA) is 111 Å². The van der Waals surface area contributed by atoms with Crippen molar-refractivity contribution in [3.63, 3.8) is 0 Å². The molecule has 1 fully saturated rings. The van der Waals surface area contributed by atoms with E-state index in [1.54, 1.807) is 4.90 Å². The predicted molar refractivity (Wildman–Crippen MR) is 114 cm³/mol. The van der Waals surface area contributed by atoms with Crippen LogP contribution in [0.25, 0.3) is 11.3 Å². The van der Waals surface area contributed by atoms with Crippen molar-refractivity contribution >= 4 is 23.5 Å². The highest BCUT2D eigenvalue weighted by atomic mass is 16.4. The molecule has 0 radical (unpaired) electrons. The lowest BCUT2D eigenvalue weighted by atomic mass is 9.90. The van der Waals surface area contributed by atoms with Crippen molar-refractivity contribution in [2.24, 2.45) is 0 Å². The fourth-order valence-corrected chi connectivity index (χ4v) is 4.33. The van der Waals surface area contributed by atoms with E-state index in [0.717, 1.165) is 48.8 Å². The number of aromatic nitrogens is 2. The van der Waals surface area contributed by atoms with Crippen LogP contribution in [0.3, 0.4) is 0 Å². The van der Waals surface area contributed by atoms with Gasteiger partial charge in [0.2, 0.25) is 5.91 Å². The summed E-state index contributed by atoms with van der Waals surface area (Å²) in [5.41, 5.74) is 3.05. The number of fused-ring (bicyclic) bond motifs is 1. The molecule has 158 valence electrons.